The Morgan fingerprint density at radius 3 is 2.59 bits per heavy atom. The Morgan fingerprint density at radius 2 is 1.92 bits per heavy atom. The van der Waals surface area contributed by atoms with Crippen molar-refractivity contribution < 1.29 is 4.79 Å². The molecule has 2 fully saturated rings. The third-order valence-electron chi connectivity index (χ3n) is 8.76. The number of carbonyl (C=O) groups is 1. The first-order valence-electron chi connectivity index (χ1n) is 14.3. The first-order valence-corrected chi connectivity index (χ1v) is 15.1. The summed E-state index contributed by atoms with van der Waals surface area (Å²) in [5.41, 5.74) is 9.74. The van der Waals surface area contributed by atoms with Crippen LogP contribution in [0.1, 0.15) is 70.2 Å². The van der Waals surface area contributed by atoms with Crippen molar-refractivity contribution in [2.24, 2.45) is 10.7 Å². The minimum Gasteiger partial charge on any atom is -0.405 e. The number of aryl methyl sites for hydroxylation is 2. The average molecular weight is 551 g/mol. The summed E-state index contributed by atoms with van der Waals surface area (Å²) < 4.78 is 0. The van der Waals surface area contributed by atoms with Crippen molar-refractivity contribution in [3.8, 4) is 0 Å². The van der Waals surface area contributed by atoms with Gasteiger partial charge in [0, 0.05) is 67.0 Å². The molecular formula is C30H42N6O2S. The van der Waals surface area contributed by atoms with E-state index < -0.39 is 0 Å². The number of amides is 1. The van der Waals surface area contributed by atoms with Gasteiger partial charge in [-0.15, -0.1) is 11.3 Å². The number of rotatable bonds is 8. The molecule has 1 saturated heterocycles. The van der Waals surface area contributed by atoms with Crippen molar-refractivity contribution in [3.63, 3.8) is 0 Å². The predicted octanol–water partition coefficient (Wildman–Crippen LogP) is 3.93. The first kappa shape index (κ1) is 27.6. The van der Waals surface area contributed by atoms with Gasteiger partial charge in [0.2, 0.25) is 0 Å². The molecule has 1 amide bonds. The fraction of sp³-hybridized carbons (Fsp3) is 0.567. The number of nitrogens with two attached hydrogens (primary N) is 1. The number of aromatic nitrogens is 1. The van der Waals surface area contributed by atoms with Gasteiger partial charge in [-0.05, 0) is 82.8 Å². The van der Waals surface area contributed by atoms with E-state index in [2.05, 4.69) is 33.6 Å². The van der Waals surface area contributed by atoms with Gasteiger partial charge in [-0.2, -0.15) is 0 Å². The van der Waals surface area contributed by atoms with Crippen LogP contribution in [-0.2, 0) is 13.0 Å². The van der Waals surface area contributed by atoms with Gasteiger partial charge in [-0.1, -0.05) is 0 Å². The van der Waals surface area contributed by atoms with Gasteiger partial charge in [0.1, 0.15) is 0 Å². The average Bonchev–Trinajstić information content (AvgIpc) is 3.21. The van der Waals surface area contributed by atoms with E-state index in [4.69, 9.17) is 5.73 Å². The number of nitrogens with zero attached hydrogens (tertiary/aromatic N) is 4. The normalized spacial score (nSPS) is 22.6. The molecular weight excluding hydrogens is 508 g/mol. The summed E-state index contributed by atoms with van der Waals surface area (Å²) in [6.07, 6.45) is 10.7. The molecule has 39 heavy (non-hydrogen) atoms. The standard InChI is InChI=1S/C30H42N6O2S/c1-5-36(24-9-7-23(8-10-24)35-16-22(17-35)32-13-6-12-31)30-21(4)27-26(39-30)11-14-34(29(27)38)18-25-19(2)15-20(3)33-28(25)37/h6,12-13,15,22-24H,5,7-11,14,16-18,31H2,1-4H3,(H,33,37). The molecule has 0 unspecified atom stereocenters. The molecule has 4 heterocycles. The van der Waals surface area contributed by atoms with Crippen molar-refractivity contribution >= 4 is 28.5 Å². The minimum atomic E-state index is -0.0909. The summed E-state index contributed by atoms with van der Waals surface area (Å²) in [5, 5.41) is 1.26. The van der Waals surface area contributed by atoms with Crippen LogP contribution in [0.5, 0.6) is 0 Å². The Bertz CT molecular complexity index is 1310. The molecule has 2 aromatic rings. The van der Waals surface area contributed by atoms with Crippen LogP contribution >= 0.6 is 11.3 Å². The lowest BCUT2D eigenvalue weighted by molar-refractivity contribution is 0.0688. The zero-order valence-corrected chi connectivity index (χ0v) is 24.5. The molecule has 9 heteroatoms. The molecule has 0 atom stereocenters. The quantitative estimate of drug-likeness (QED) is 0.486. The Balaban J connectivity index is 1.24. The van der Waals surface area contributed by atoms with Crippen molar-refractivity contribution in [2.75, 3.05) is 31.1 Å². The van der Waals surface area contributed by atoms with Crippen LogP contribution in [-0.4, -0.2) is 71.2 Å². The summed E-state index contributed by atoms with van der Waals surface area (Å²) in [6.45, 7) is 12.2. The van der Waals surface area contributed by atoms with Crippen LogP contribution in [0.3, 0.4) is 0 Å². The van der Waals surface area contributed by atoms with Crippen LogP contribution in [0.25, 0.3) is 0 Å². The molecule has 0 bridgehead atoms. The summed E-state index contributed by atoms with van der Waals surface area (Å²) in [7, 11) is 0. The third-order valence-corrected chi connectivity index (χ3v) is 10.1. The van der Waals surface area contributed by atoms with Crippen LogP contribution in [0, 0.1) is 20.8 Å². The Hall–Kier alpha value is -2.91. The van der Waals surface area contributed by atoms with Crippen molar-refractivity contribution in [1.82, 2.24) is 14.8 Å². The second kappa shape index (κ2) is 11.7. The fourth-order valence-electron chi connectivity index (χ4n) is 6.61. The van der Waals surface area contributed by atoms with Crippen LogP contribution < -0.4 is 16.2 Å². The maximum Gasteiger partial charge on any atom is 0.255 e. The maximum absolute atomic E-state index is 13.7. The van der Waals surface area contributed by atoms with Gasteiger partial charge < -0.3 is 20.5 Å². The number of fused-ring (bicyclic) bond motifs is 1. The van der Waals surface area contributed by atoms with E-state index >= 15 is 0 Å². The molecule has 5 rings (SSSR count). The maximum atomic E-state index is 13.7. The van der Waals surface area contributed by atoms with Gasteiger partial charge in [-0.3, -0.25) is 19.5 Å². The van der Waals surface area contributed by atoms with E-state index in [1.165, 1.54) is 41.8 Å². The van der Waals surface area contributed by atoms with Crippen LogP contribution in [0.4, 0.5) is 5.00 Å². The molecule has 2 aliphatic heterocycles. The third kappa shape index (κ3) is 5.57. The highest BCUT2D eigenvalue weighted by molar-refractivity contribution is 7.16. The van der Waals surface area contributed by atoms with E-state index in [1.54, 1.807) is 6.08 Å². The monoisotopic (exact) mass is 550 g/mol. The second-order valence-corrected chi connectivity index (χ2v) is 12.4. The number of thiophene rings is 1. The lowest BCUT2D eigenvalue weighted by atomic mass is 9.87. The molecule has 1 saturated carbocycles. The smallest absolute Gasteiger partial charge is 0.255 e. The fourth-order valence-corrected chi connectivity index (χ4v) is 8.03. The first-order chi connectivity index (χ1) is 18.8. The van der Waals surface area contributed by atoms with Crippen LogP contribution in [0.2, 0.25) is 0 Å². The number of pyridine rings is 1. The molecule has 8 nitrogen and oxygen atoms in total. The highest BCUT2D eigenvalue weighted by Crippen LogP contribution is 2.42. The molecule has 0 aromatic carbocycles. The van der Waals surface area contributed by atoms with E-state index in [9.17, 15) is 9.59 Å². The van der Waals surface area contributed by atoms with Crippen molar-refractivity contribution in [2.45, 2.75) is 84.5 Å². The highest BCUT2D eigenvalue weighted by Gasteiger charge is 2.37. The van der Waals surface area contributed by atoms with E-state index in [-0.39, 0.29) is 11.5 Å². The van der Waals surface area contributed by atoms with Gasteiger partial charge in [0.25, 0.3) is 11.5 Å². The summed E-state index contributed by atoms with van der Waals surface area (Å²) in [6, 6.07) is 3.54. The molecule has 3 aliphatic rings. The number of aromatic amines is 1. The number of hydrogen-bond donors (Lipinski definition) is 2. The number of carbonyl (C=O) groups excluding carboxylic acids is 1. The Morgan fingerprint density at radius 1 is 1.18 bits per heavy atom. The second-order valence-electron chi connectivity index (χ2n) is 11.3. The van der Waals surface area contributed by atoms with Gasteiger partial charge in [0.05, 0.1) is 23.2 Å². The number of H-pyrrole nitrogens is 1. The molecule has 0 spiro atoms. The number of anilines is 1. The zero-order valence-electron chi connectivity index (χ0n) is 23.7. The van der Waals surface area contributed by atoms with Gasteiger partial charge in [0.15, 0.2) is 0 Å². The highest BCUT2D eigenvalue weighted by atomic mass is 32.1. The van der Waals surface area contributed by atoms with Gasteiger partial charge in [-0.25, -0.2) is 0 Å². The number of aliphatic imine (C=N–C) groups is 1. The van der Waals surface area contributed by atoms with Gasteiger partial charge >= 0.3 is 0 Å². The van der Waals surface area contributed by atoms with Crippen LogP contribution in [0.15, 0.2) is 28.1 Å². The summed E-state index contributed by atoms with van der Waals surface area (Å²) in [5.74, 6) is 0.0623. The lowest BCUT2D eigenvalue weighted by Crippen LogP contribution is -2.56. The molecule has 3 N–H and O–H groups in total. The largest absolute Gasteiger partial charge is 0.405 e. The van der Waals surface area contributed by atoms with E-state index in [0.29, 0.717) is 36.8 Å². The summed E-state index contributed by atoms with van der Waals surface area (Å²) >= 11 is 1.81. The van der Waals surface area contributed by atoms with Crippen molar-refractivity contribution in [3.05, 3.63) is 61.5 Å². The number of allylic oxidation sites excluding steroid dienone is 1. The molecule has 0 radical (unpaired) electrons. The topological polar surface area (TPSA) is 98.0 Å². The minimum absolute atomic E-state index is 0.0623. The predicted molar refractivity (Wildman–Crippen MR) is 160 cm³/mol. The zero-order chi connectivity index (χ0) is 27.7. The molecule has 210 valence electrons. The Kier molecular flexibility index (Phi) is 8.28. The number of hydrogen-bond acceptors (Lipinski definition) is 7. The molecule has 2 aromatic heterocycles. The summed E-state index contributed by atoms with van der Waals surface area (Å²) in [4.78, 5) is 41.9. The lowest BCUT2D eigenvalue weighted by Gasteiger charge is -2.46. The number of nitrogens with one attached hydrogen (secondary N) is 1. The van der Waals surface area contributed by atoms with Crippen molar-refractivity contribution in [1.29, 1.82) is 0 Å². The Labute approximate surface area is 235 Å². The van der Waals surface area contributed by atoms with E-state index in [0.717, 1.165) is 48.4 Å². The number of likely N-dealkylation sites (tertiary alicyclic amines) is 1. The van der Waals surface area contributed by atoms with E-state index in [1.807, 2.05) is 42.4 Å². The molecule has 1 aliphatic carbocycles. The SMILES string of the molecule is CCN(c1sc2c(c1C)C(=O)N(Cc1c(C)cc(C)[nH]c1=O)CC2)C1CCC(N2CC(N=CC=CN)C2)CC1.